The largest absolute Gasteiger partial charge is 0.487 e. The van der Waals surface area contributed by atoms with Crippen LogP contribution in [-0.2, 0) is 11.3 Å². The van der Waals surface area contributed by atoms with E-state index in [0.29, 0.717) is 19.0 Å². The average molecular weight is 294 g/mol. The van der Waals surface area contributed by atoms with E-state index >= 15 is 0 Å². The Morgan fingerprint density at radius 3 is 2.73 bits per heavy atom. The van der Waals surface area contributed by atoms with Gasteiger partial charge in [0.05, 0.1) is 12.8 Å². The first-order valence-electron chi connectivity index (χ1n) is 7.04. The van der Waals surface area contributed by atoms with Gasteiger partial charge >= 0.3 is 0 Å². The average Bonchev–Trinajstić information content (AvgIpc) is 3.31. The Hall–Kier alpha value is -2.73. The molecule has 1 atom stereocenters. The van der Waals surface area contributed by atoms with Crippen LogP contribution in [0.1, 0.15) is 11.8 Å². The Morgan fingerprint density at radius 1 is 1.14 bits per heavy atom. The summed E-state index contributed by atoms with van der Waals surface area (Å²) >= 11 is 0. The van der Waals surface area contributed by atoms with Crippen LogP contribution in [-0.4, -0.2) is 26.4 Å². The quantitative estimate of drug-likeness (QED) is 0.676. The van der Waals surface area contributed by atoms with Gasteiger partial charge in [-0.05, 0) is 17.7 Å². The summed E-state index contributed by atoms with van der Waals surface area (Å²) in [6.45, 7) is 1.20. The zero-order valence-electron chi connectivity index (χ0n) is 11.8. The summed E-state index contributed by atoms with van der Waals surface area (Å²) in [5.74, 6) is 1.43. The van der Waals surface area contributed by atoms with Gasteiger partial charge in [-0.25, -0.2) is 14.6 Å². The minimum atomic E-state index is -0.00620. The number of hydrogen-bond acceptors (Lipinski definition) is 5. The topological polar surface area (TPSA) is 65.4 Å². The molecule has 110 valence electrons. The normalized spacial score (nSPS) is 16.5. The summed E-state index contributed by atoms with van der Waals surface area (Å²) in [6, 6.07) is 13.8. The minimum absolute atomic E-state index is 0.00620. The van der Waals surface area contributed by atoms with E-state index < -0.39 is 0 Å². The highest BCUT2D eigenvalue weighted by Gasteiger charge is 2.28. The van der Waals surface area contributed by atoms with E-state index in [1.807, 2.05) is 42.5 Å². The van der Waals surface area contributed by atoms with Crippen LogP contribution < -0.4 is 4.74 Å². The second-order valence-electron chi connectivity index (χ2n) is 4.97. The molecule has 0 N–H and O–H groups in total. The van der Waals surface area contributed by atoms with Crippen LogP contribution in [0, 0.1) is 0 Å². The number of aromatic nitrogens is 4. The maximum Gasteiger partial charge on any atom is 0.179 e. The number of rotatable bonds is 5. The lowest BCUT2D eigenvalue weighted by Gasteiger charge is -2.07. The number of pyridine rings is 1. The predicted octanol–water partition coefficient (Wildman–Crippen LogP) is 2.45. The molecule has 2 aromatic heterocycles. The van der Waals surface area contributed by atoms with Gasteiger partial charge in [0.2, 0.25) is 0 Å². The van der Waals surface area contributed by atoms with Crippen molar-refractivity contribution >= 4 is 0 Å². The molecule has 1 saturated heterocycles. The van der Waals surface area contributed by atoms with Crippen molar-refractivity contribution in [1.29, 1.82) is 0 Å². The molecule has 0 radical (unpaired) electrons. The van der Waals surface area contributed by atoms with E-state index in [4.69, 9.17) is 9.47 Å². The Kier molecular flexibility index (Phi) is 3.29. The van der Waals surface area contributed by atoms with Gasteiger partial charge in [0.1, 0.15) is 24.4 Å². The van der Waals surface area contributed by atoms with Crippen molar-refractivity contribution in [3.63, 3.8) is 0 Å². The summed E-state index contributed by atoms with van der Waals surface area (Å²) in [4.78, 5) is 8.64. The molecule has 22 heavy (non-hydrogen) atoms. The monoisotopic (exact) mass is 294 g/mol. The second kappa shape index (κ2) is 5.57. The van der Waals surface area contributed by atoms with Crippen molar-refractivity contribution in [3.8, 4) is 17.3 Å². The van der Waals surface area contributed by atoms with Crippen molar-refractivity contribution in [1.82, 2.24) is 19.7 Å². The standard InChI is InChI=1S/C16H14N4O2/c1-2-4-12(5-3-1)9-21-13-6-7-14(17-8-13)16-18-11-19-20(16)15-10-22-15/h1-8,11,15H,9-10H2. The Morgan fingerprint density at radius 2 is 2.00 bits per heavy atom. The second-order valence-corrected chi connectivity index (χ2v) is 4.97. The summed E-state index contributed by atoms with van der Waals surface area (Å²) in [6.07, 6.45) is 3.21. The van der Waals surface area contributed by atoms with Gasteiger partial charge in [0.15, 0.2) is 12.1 Å². The Bertz CT molecular complexity index is 751. The number of ether oxygens (including phenoxy) is 2. The molecule has 0 amide bonds. The summed E-state index contributed by atoms with van der Waals surface area (Å²) < 4.78 is 12.7. The van der Waals surface area contributed by atoms with Crippen molar-refractivity contribution < 1.29 is 9.47 Å². The number of hydrogen-bond donors (Lipinski definition) is 0. The highest BCUT2D eigenvalue weighted by atomic mass is 16.6. The van der Waals surface area contributed by atoms with Gasteiger partial charge in [-0.2, -0.15) is 5.10 Å². The van der Waals surface area contributed by atoms with E-state index in [1.165, 1.54) is 6.33 Å². The lowest BCUT2D eigenvalue weighted by atomic mass is 10.2. The van der Waals surface area contributed by atoms with E-state index in [0.717, 1.165) is 17.0 Å². The van der Waals surface area contributed by atoms with Crippen molar-refractivity contribution in [2.45, 2.75) is 12.8 Å². The number of nitrogens with zero attached hydrogens (tertiary/aromatic N) is 4. The lowest BCUT2D eigenvalue weighted by molar-refractivity contribution is 0.305. The third kappa shape index (κ3) is 2.68. The molecule has 0 bridgehead atoms. The van der Waals surface area contributed by atoms with Crippen molar-refractivity contribution in [2.24, 2.45) is 0 Å². The molecular formula is C16H14N4O2. The van der Waals surface area contributed by atoms with Gasteiger partial charge in [-0.3, -0.25) is 0 Å². The predicted molar refractivity (Wildman–Crippen MR) is 79.0 cm³/mol. The SMILES string of the molecule is c1ccc(COc2ccc(-c3ncnn3C3CO3)nc2)cc1. The maximum atomic E-state index is 5.72. The smallest absolute Gasteiger partial charge is 0.179 e. The molecule has 0 saturated carbocycles. The molecule has 1 aromatic carbocycles. The van der Waals surface area contributed by atoms with Gasteiger partial charge in [0.25, 0.3) is 0 Å². The minimum Gasteiger partial charge on any atom is -0.487 e. The van der Waals surface area contributed by atoms with Crippen LogP contribution in [0.2, 0.25) is 0 Å². The molecule has 4 rings (SSSR count). The van der Waals surface area contributed by atoms with Crippen LogP contribution in [0.15, 0.2) is 55.0 Å². The fourth-order valence-corrected chi connectivity index (χ4v) is 2.17. The van der Waals surface area contributed by atoms with E-state index in [2.05, 4.69) is 15.1 Å². The molecule has 1 aliphatic heterocycles. The van der Waals surface area contributed by atoms with E-state index in [1.54, 1.807) is 10.9 Å². The van der Waals surface area contributed by atoms with Crippen molar-refractivity contribution in [2.75, 3.05) is 6.61 Å². The third-order valence-corrected chi connectivity index (χ3v) is 3.38. The molecular weight excluding hydrogens is 280 g/mol. The van der Waals surface area contributed by atoms with Crippen LogP contribution in [0.5, 0.6) is 5.75 Å². The first-order valence-corrected chi connectivity index (χ1v) is 7.04. The van der Waals surface area contributed by atoms with E-state index in [9.17, 15) is 0 Å². The van der Waals surface area contributed by atoms with E-state index in [-0.39, 0.29) is 6.23 Å². The highest BCUT2D eigenvalue weighted by molar-refractivity contribution is 5.50. The van der Waals surface area contributed by atoms with Gasteiger partial charge < -0.3 is 9.47 Å². The number of epoxide rings is 1. The molecule has 6 nitrogen and oxygen atoms in total. The van der Waals surface area contributed by atoms with Crippen molar-refractivity contribution in [3.05, 3.63) is 60.6 Å². The first kappa shape index (κ1) is 13.0. The molecule has 6 heteroatoms. The highest BCUT2D eigenvalue weighted by Crippen LogP contribution is 2.27. The summed E-state index contributed by atoms with van der Waals surface area (Å²) in [5, 5.41) is 4.16. The van der Waals surface area contributed by atoms with Gasteiger partial charge in [-0.1, -0.05) is 30.3 Å². The molecule has 0 aliphatic carbocycles. The summed E-state index contributed by atoms with van der Waals surface area (Å²) in [5.41, 5.74) is 1.87. The molecule has 3 heterocycles. The molecule has 1 aliphatic rings. The third-order valence-electron chi connectivity index (χ3n) is 3.38. The van der Waals surface area contributed by atoms with Gasteiger partial charge in [-0.15, -0.1) is 0 Å². The number of benzene rings is 1. The lowest BCUT2D eigenvalue weighted by Crippen LogP contribution is -2.02. The molecule has 1 fully saturated rings. The Balaban J connectivity index is 1.47. The molecule has 3 aromatic rings. The zero-order valence-corrected chi connectivity index (χ0v) is 11.8. The molecule has 1 unspecified atom stereocenters. The zero-order chi connectivity index (χ0) is 14.8. The van der Waals surface area contributed by atoms with Gasteiger partial charge in [0, 0.05) is 0 Å². The Labute approximate surface area is 127 Å². The van der Waals surface area contributed by atoms with Crippen LogP contribution in [0.3, 0.4) is 0 Å². The fourth-order valence-electron chi connectivity index (χ4n) is 2.17. The maximum absolute atomic E-state index is 5.72. The molecule has 0 spiro atoms. The fraction of sp³-hybridized carbons (Fsp3) is 0.188. The van der Waals surface area contributed by atoms with Crippen LogP contribution in [0.25, 0.3) is 11.5 Å². The summed E-state index contributed by atoms with van der Waals surface area (Å²) in [7, 11) is 0. The van der Waals surface area contributed by atoms with Crippen LogP contribution >= 0.6 is 0 Å². The van der Waals surface area contributed by atoms with Crippen LogP contribution in [0.4, 0.5) is 0 Å². The first-order chi connectivity index (χ1) is 10.9.